The number of nitrogens with zero attached hydrogens (tertiary/aromatic N) is 1. The van der Waals surface area contributed by atoms with Crippen LogP contribution in [0, 0.1) is 6.92 Å². The molecule has 1 aromatic heterocycles. The highest BCUT2D eigenvalue weighted by atomic mass is 35.5. The van der Waals surface area contributed by atoms with Gasteiger partial charge in [-0.3, -0.25) is 4.90 Å². The van der Waals surface area contributed by atoms with E-state index in [1.807, 2.05) is 19.1 Å². The standard InChI is InChI=1S/C19H26N2O4.ClH/c1-14-3-5-18(25-14)16(21-7-9-24-10-8-21)13-20-12-15-4-6-19(23-2)17(22)11-15;/h3-6,11,16,20,22H,7-10,12-13H2,1-2H3;1H. The fourth-order valence-corrected chi connectivity index (χ4v) is 3.13. The van der Waals surface area contributed by atoms with Crippen LogP contribution in [0.4, 0.5) is 0 Å². The number of nitrogens with one attached hydrogen (secondary N) is 1. The number of morpholine rings is 1. The number of aryl methyl sites for hydroxylation is 1. The smallest absolute Gasteiger partial charge is 0.160 e. The Bertz CT molecular complexity index is 686. The molecule has 1 atom stereocenters. The SMILES string of the molecule is COc1ccc(CNCC(c2ccc(C)o2)N2CCOCC2)cc1O.Cl. The van der Waals surface area contributed by atoms with E-state index in [-0.39, 0.29) is 24.2 Å². The van der Waals surface area contributed by atoms with Gasteiger partial charge in [-0.2, -0.15) is 0 Å². The van der Waals surface area contributed by atoms with Crippen molar-refractivity contribution in [3.05, 3.63) is 47.4 Å². The maximum absolute atomic E-state index is 9.89. The highest BCUT2D eigenvalue weighted by Gasteiger charge is 2.24. The van der Waals surface area contributed by atoms with Crippen LogP contribution in [-0.2, 0) is 11.3 Å². The third-order valence-electron chi connectivity index (χ3n) is 4.49. The van der Waals surface area contributed by atoms with Crippen LogP contribution >= 0.6 is 12.4 Å². The van der Waals surface area contributed by atoms with E-state index in [1.54, 1.807) is 19.2 Å². The third-order valence-corrected chi connectivity index (χ3v) is 4.49. The van der Waals surface area contributed by atoms with Crippen LogP contribution in [0.25, 0.3) is 0 Å². The Kier molecular flexibility index (Phi) is 7.78. The van der Waals surface area contributed by atoms with Gasteiger partial charge in [0.15, 0.2) is 11.5 Å². The monoisotopic (exact) mass is 382 g/mol. The van der Waals surface area contributed by atoms with Crippen molar-refractivity contribution in [3.63, 3.8) is 0 Å². The van der Waals surface area contributed by atoms with Gasteiger partial charge >= 0.3 is 0 Å². The zero-order chi connectivity index (χ0) is 17.6. The quantitative estimate of drug-likeness (QED) is 0.767. The number of methoxy groups -OCH3 is 1. The molecule has 2 heterocycles. The Morgan fingerprint density at radius 1 is 1.23 bits per heavy atom. The molecule has 3 rings (SSSR count). The lowest BCUT2D eigenvalue weighted by Gasteiger charge is -2.33. The van der Waals surface area contributed by atoms with Crippen molar-refractivity contribution in [2.75, 3.05) is 40.0 Å². The molecule has 0 aliphatic carbocycles. The molecule has 0 radical (unpaired) electrons. The lowest BCUT2D eigenvalue weighted by Crippen LogP contribution is -2.42. The first kappa shape index (κ1) is 20.6. The van der Waals surface area contributed by atoms with Crippen LogP contribution < -0.4 is 10.1 Å². The molecule has 0 bridgehead atoms. The van der Waals surface area contributed by atoms with Gasteiger partial charge in [-0.25, -0.2) is 0 Å². The second-order valence-electron chi connectivity index (χ2n) is 6.25. The molecule has 0 amide bonds. The van der Waals surface area contributed by atoms with Crippen molar-refractivity contribution in [2.24, 2.45) is 0 Å². The summed E-state index contributed by atoms with van der Waals surface area (Å²) in [6.07, 6.45) is 0. The molecular formula is C19H27ClN2O4. The summed E-state index contributed by atoms with van der Waals surface area (Å²) in [5, 5.41) is 13.4. The number of phenols is 1. The Morgan fingerprint density at radius 3 is 2.62 bits per heavy atom. The van der Waals surface area contributed by atoms with Crippen LogP contribution in [0.3, 0.4) is 0 Å². The first-order valence-electron chi connectivity index (χ1n) is 8.62. The molecule has 144 valence electrons. The molecule has 1 aromatic carbocycles. The number of hydrogen-bond donors (Lipinski definition) is 2. The summed E-state index contributed by atoms with van der Waals surface area (Å²) in [5.74, 6) is 2.55. The molecule has 0 spiro atoms. The summed E-state index contributed by atoms with van der Waals surface area (Å²) in [4.78, 5) is 2.39. The summed E-state index contributed by atoms with van der Waals surface area (Å²) < 4.78 is 16.4. The minimum Gasteiger partial charge on any atom is -0.504 e. The first-order valence-corrected chi connectivity index (χ1v) is 8.62. The molecule has 26 heavy (non-hydrogen) atoms. The fraction of sp³-hybridized carbons (Fsp3) is 0.474. The van der Waals surface area contributed by atoms with Gasteiger partial charge < -0.3 is 24.3 Å². The van der Waals surface area contributed by atoms with E-state index in [4.69, 9.17) is 13.9 Å². The summed E-state index contributed by atoms with van der Waals surface area (Å²) in [6, 6.07) is 9.69. The van der Waals surface area contributed by atoms with Gasteiger partial charge in [0.05, 0.1) is 26.4 Å². The van der Waals surface area contributed by atoms with Crippen LogP contribution in [0.5, 0.6) is 11.5 Å². The van der Waals surface area contributed by atoms with E-state index >= 15 is 0 Å². The van der Waals surface area contributed by atoms with E-state index in [9.17, 15) is 5.11 Å². The number of aromatic hydroxyl groups is 1. The zero-order valence-corrected chi connectivity index (χ0v) is 16.1. The van der Waals surface area contributed by atoms with Crippen LogP contribution in [-0.4, -0.2) is 50.0 Å². The average Bonchev–Trinajstić information content (AvgIpc) is 3.05. The second kappa shape index (κ2) is 9.83. The van der Waals surface area contributed by atoms with Gasteiger partial charge in [0, 0.05) is 26.2 Å². The zero-order valence-electron chi connectivity index (χ0n) is 15.2. The first-order chi connectivity index (χ1) is 12.2. The molecule has 7 heteroatoms. The molecular weight excluding hydrogens is 356 g/mol. The molecule has 2 N–H and O–H groups in total. The normalized spacial score (nSPS) is 16.1. The summed E-state index contributed by atoms with van der Waals surface area (Å²) in [5.41, 5.74) is 1.01. The van der Waals surface area contributed by atoms with Crippen molar-refractivity contribution in [2.45, 2.75) is 19.5 Å². The van der Waals surface area contributed by atoms with E-state index in [0.29, 0.717) is 12.3 Å². The van der Waals surface area contributed by atoms with Gasteiger partial charge in [-0.05, 0) is 36.8 Å². The molecule has 2 aromatic rings. The van der Waals surface area contributed by atoms with Crippen LogP contribution in [0.2, 0.25) is 0 Å². The molecule has 6 nitrogen and oxygen atoms in total. The number of benzene rings is 1. The summed E-state index contributed by atoms with van der Waals surface area (Å²) in [6.45, 7) is 6.70. The van der Waals surface area contributed by atoms with Gasteiger partial charge in [-0.15, -0.1) is 12.4 Å². The highest BCUT2D eigenvalue weighted by molar-refractivity contribution is 5.85. The van der Waals surface area contributed by atoms with Crippen molar-refractivity contribution >= 4 is 12.4 Å². The lowest BCUT2D eigenvalue weighted by molar-refractivity contribution is 0.0115. The van der Waals surface area contributed by atoms with E-state index in [0.717, 1.165) is 49.9 Å². The Labute approximate surface area is 160 Å². The number of rotatable bonds is 7. The molecule has 1 saturated heterocycles. The predicted octanol–water partition coefficient (Wildman–Crippen LogP) is 2.89. The number of halogens is 1. The van der Waals surface area contributed by atoms with Gasteiger partial charge in [0.1, 0.15) is 11.5 Å². The van der Waals surface area contributed by atoms with Gasteiger partial charge in [-0.1, -0.05) is 6.07 Å². The molecule has 0 saturated carbocycles. The van der Waals surface area contributed by atoms with E-state index < -0.39 is 0 Å². The van der Waals surface area contributed by atoms with Gasteiger partial charge in [0.2, 0.25) is 0 Å². The lowest BCUT2D eigenvalue weighted by atomic mass is 10.1. The van der Waals surface area contributed by atoms with Crippen molar-refractivity contribution in [3.8, 4) is 11.5 Å². The molecule has 1 aliphatic heterocycles. The Hall–Kier alpha value is -1.73. The molecule has 1 fully saturated rings. The highest BCUT2D eigenvalue weighted by Crippen LogP contribution is 2.27. The second-order valence-corrected chi connectivity index (χ2v) is 6.25. The van der Waals surface area contributed by atoms with Crippen molar-refractivity contribution in [1.29, 1.82) is 0 Å². The molecule has 1 aliphatic rings. The number of ether oxygens (including phenoxy) is 2. The van der Waals surface area contributed by atoms with Crippen molar-refractivity contribution < 1.29 is 19.0 Å². The molecule has 1 unspecified atom stereocenters. The topological polar surface area (TPSA) is 67.1 Å². The maximum atomic E-state index is 9.89. The average molecular weight is 383 g/mol. The van der Waals surface area contributed by atoms with Crippen LogP contribution in [0.1, 0.15) is 23.1 Å². The minimum atomic E-state index is 0. The predicted molar refractivity (Wildman–Crippen MR) is 102 cm³/mol. The maximum Gasteiger partial charge on any atom is 0.160 e. The van der Waals surface area contributed by atoms with Crippen molar-refractivity contribution in [1.82, 2.24) is 10.2 Å². The minimum absolute atomic E-state index is 0. The number of furan rings is 1. The largest absolute Gasteiger partial charge is 0.504 e. The van der Waals surface area contributed by atoms with Gasteiger partial charge in [0.25, 0.3) is 0 Å². The Balaban J connectivity index is 0.00000243. The third kappa shape index (κ3) is 5.14. The summed E-state index contributed by atoms with van der Waals surface area (Å²) in [7, 11) is 1.55. The summed E-state index contributed by atoms with van der Waals surface area (Å²) >= 11 is 0. The Morgan fingerprint density at radius 2 is 2.00 bits per heavy atom. The number of hydrogen-bond acceptors (Lipinski definition) is 6. The fourth-order valence-electron chi connectivity index (χ4n) is 3.13. The van der Waals surface area contributed by atoms with E-state index in [2.05, 4.69) is 16.3 Å². The number of phenolic OH excluding ortho intramolecular Hbond substituents is 1. The van der Waals surface area contributed by atoms with Crippen LogP contribution in [0.15, 0.2) is 34.7 Å². The van der Waals surface area contributed by atoms with E-state index in [1.165, 1.54) is 0 Å².